The van der Waals surface area contributed by atoms with E-state index in [2.05, 4.69) is 12.2 Å². The maximum Gasteiger partial charge on any atom is 0.289 e. The number of hydrogen-bond donors (Lipinski definition) is 1. The molecule has 1 atom stereocenters. The van der Waals surface area contributed by atoms with Gasteiger partial charge >= 0.3 is 0 Å². The predicted octanol–water partition coefficient (Wildman–Crippen LogP) is 1.94. The molecule has 2 saturated heterocycles. The molecule has 0 aromatic carbocycles. The molecule has 0 unspecified atom stereocenters. The summed E-state index contributed by atoms with van der Waals surface area (Å²) in [7, 11) is 0. The largest absolute Gasteiger partial charge is 0.456 e. The van der Waals surface area contributed by atoms with Crippen LogP contribution in [0.25, 0.3) is 0 Å². The zero-order valence-electron chi connectivity index (χ0n) is 15.0. The van der Waals surface area contributed by atoms with Gasteiger partial charge in [0, 0.05) is 51.1 Å². The Labute approximate surface area is 155 Å². The Morgan fingerprint density at radius 2 is 1.96 bits per heavy atom. The van der Waals surface area contributed by atoms with Crippen LogP contribution < -0.4 is 5.32 Å². The van der Waals surface area contributed by atoms with Gasteiger partial charge < -0.3 is 19.5 Å². The van der Waals surface area contributed by atoms with Crippen molar-refractivity contribution in [2.75, 3.05) is 32.7 Å². The Bertz CT molecular complexity index is 596. The van der Waals surface area contributed by atoms with Gasteiger partial charge in [-0.1, -0.05) is 6.92 Å². The molecular formula is C18H28ClN3O3. The Balaban J connectivity index is 0.00000225. The summed E-state index contributed by atoms with van der Waals surface area (Å²) in [5.41, 5.74) is 0. The van der Waals surface area contributed by atoms with Gasteiger partial charge in [-0.2, -0.15) is 0 Å². The molecule has 2 amide bonds. The molecule has 2 aliphatic rings. The van der Waals surface area contributed by atoms with Crippen molar-refractivity contribution in [1.29, 1.82) is 0 Å². The van der Waals surface area contributed by atoms with Crippen LogP contribution in [0.15, 0.2) is 16.5 Å². The molecule has 1 aromatic rings. The lowest BCUT2D eigenvalue weighted by atomic mass is 9.94. The lowest BCUT2D eigenvalue weighted by Gasteiger charge is -2.38. The molecule has 3 rings (SSSR count). The fourth-order valence-corrected chi connectivity index (χ4v) is 3.57. The summed E-state index contributed by atoms with van der Waals surface area (Å²) < 4.78 is 5.56. The van der Waals surface area contributed by atoms with Crippen LogP contribution in [0.2, 0.25) is 0 Å². The number of carbonyl (C=O) groups excluding carboxylic acids is 2. The third-order valence-electron chi connectivity index (χ3n) is 5.14. The SMILES string of the molecule is CCc1ccc(C(=O)N2CCC(C(=O)N3CCNC[C@@H]3C)CC2)o1.Cl. The first kappa shape index (κ1) is 19.8. The highest BCUT2D eigenvalue weighted by atomic mass is 35.5. The fourth-order valence-electron chi connectivity index (χ4n) is 3.57. The van der Waals surface area contributed by atoms with Crippen LogP contribution in [0.5, 0.6) is 0 Å². The van der Waals surface area contributed by atoms with E-state index < -0.39 is 0 Å². The van der Waals surface area contributed by atoms with Gasteiger partial charge in [-0.05, 0) is 31.9 Å². The second kappa shape index (κ2) is 8.72. The van der Waals surface area contributed by atoms with E-state index in [9.17, 15) is 9.59 Å². The van der Waals surface area contributed by atoms with E-state index in [4.69, 9.17) is 4.42 Å². The highest BCUT2D eigenvalue weighted by Crippen LogP contribution is 2.23. The highest BCUT2D eigenvalue weighted by molar-refractivity contribution is 5.91. The first-order valence-corrected chi connectivity index (χ1v) is 8.99. The molecule has 0 spiro atoms. The standard InChI is InChI=1S/C18H27N3O3.ClH/c1-3-15-4-5-16(24-15)18(23)20-9-6-14(7-10-20)17(22)21-11-8-19-12-13(21)2;/h4-5,13-14,19H,3,6-12H2,1-2H3;1H/t13-;/m0./s1. The molecule has 2 aliphatic heterocycles. The minimum atomic E-state index is -0.0591. The van der Waals surface area contributed by atoms with Crippen LogP contribution >= 0.6 is 12.4 Å². The molecule has 0 saturated carbocycles. The van der Waals surface area contributed by atoms with Gasteiger partial charge in [0.1, 0.15) is 5.76 Å². The Morgan fingerprint density at radius 3 is 2.56 bits per heavy atom. The van der Waals surface area contributed by atoms with E-state index in [1.165, 1.54) is 0 Å². The van der Waals surface area contributed by atoms with Gasteiger partial charge in [0.15, 0.2) is 5.76 Å². The summed E-state index contributed by atoms with van der Waals surface area (Å²) in [6, 6.07) is 3.86. The number of aryl methyl sites for hydroxylation is 1. The molecule has 0 radical (unpaired) electrons. The number of furan rings is 1. The molecular weight excluding hydrogens is 342 g/mol. The summed E-state index contributed by atoms with van der Waals surface area (Å²) >= 11 is 0. The number of amides is 2. The van der Waals surface area contributed by atoms with Gasteiger partial charge in [-0.3, -0.25) is 9.59 Å². The van der Waals surface area contributed by atoms with Crippen molar-refractivity contribution in [3.8, 4) is 0 Å². The molecule has 2 fully saturated rings. The fraction of sp³-hybridized carbons (Fsp3) is 0.667. The van der Waals surface area contributed by atoms with E-state index in [-0.39, 0.29) is 36.2 Å². The third kappa shape index (κ3) is 4.36. The van der Waals surface area contributed by atoms with Crippen molar-refractivity contribution >= 4 is 24.2 Å². The first-order valence-electron chi connectivity index (χ1n) is 8.99. The van der Waals surface area contributed by atoms with Gasteiger partial charge in [-0.25, -0.2) is 0 Å². The van der Waals surface area contributed by atoms with Crippen molar-refractivity contribution in [2.24, 2.45) is 5.92 Å². The highest BCUT2D eigenvalue weighted by Gasteiger charge is 2.33. The van der Waals surface area contributed by atoms with Gasteiger partial charge in [0.25, 0.3) is 5.91 Å². The van der Waals surface area contributed by atoms with Crippen molar-refractivity contribution in [3.63, 3.8) is 0 Å². The van der Waals surface area contributed by atoms with Crippen molar-refractivity contribution in [3.05, 3.63) is 23.7 Å². The summed E-state index contributed by atoms with van der Waals surface area (Å²) in [6.07, 6.45) is 2.26. The van der Waals surface area contributed by atoms with Gasteiger partial charge in [0.2, 0.25) is 5.91 Å². The molecule has 3 heterocycles. The monoisotopic (exact) mass is 369 g/mol. The molecule has 7 heteroatoms. The quantitative estimate of drug-likeness (QED) is 0.884. The zero-order valence-corrected chi connectivity index (χ0v) is 15.8. The van der Waals surface area contributed by atoms with E-state index in [1.54, 1.807) is 6.07 Å². The lowest BCUT2D eigenvalue weighted by Crippen LogP contribution is -2.55. The maximum atomic E-state index is 12.7. The van der Waals surface area contributed by atoms with Crippen molar-refractivity contribution in [1.82, 2.24) is 15.1 Å². The molecule has 25 heavy (non-hydrogen) atoms. The maximum absolute atomic E-state index is 12.7. The van der Waals surface area contributed by atoms with Crippen molar-refractivity contribution in [2.45, 2.75) is 39.2 Å². The minimum Gasteiger partial charge on any atom is -0.456 e. The van der Waals surface area contributed by atoms with Crippen LogP contribution in [-0.4, -0.2) is 60.4 Å². The smallest absolute Gasteiger partial charge is 0.289 e. The van der Waals surface area contributed by atoms with E-state index in [0.29, 0.717) is 18.8 Å². The van der Waals surface area contributed by atoms with Crippen LogP contribution in [0.1, 0.15) is 43.0 Å². The Kier molecular flexibility index (Phi) is 6.90. The summed E-state index contributed by atoms with van der Waals surface area (Å²) in [4.78, 5) is 29.0. The predicted molar refractivity (Wildman–Crippen MR) is 98.0 cm³/mol. The number of nitrogens with zero attached hydrogens (tertiary/aromatic N) is 2. The van der Waals surface area contributed by atoms with Crippen molar-refractivity contribution < 1.29 is 14.0 Å². The molecule has 0 aliphatic carbocycles. The summed E-state index contributed by atoms with van der Waals surface area (Å²) in [5, 5.41) is 3.31. The third-order valence-corrected chi connectivity index (χ3v) is 5.14. The normalized spacial score (nSPS) is 21.8. The zero-order chi connectivity index (χ0) is 17.1. The first-order chi connectivity index (χ1) is 11.6. The second-order valence-electron chi connectivity index (χ2n) is 6.77. The van der Waals surface area contributed by atoms with Gasteiger partial charge in [0.05, 0.1) is 0 Å². The number of rotatable bonds is 3. The van der Waals surface area contributed by atoms with Gasteiger partial charge in [-0.15, -0.1) is 12.4 Å². The number of nitrogens with one attached hydrogen (secondary N) is 1. The molecule has 0 bridgehead atoms. The van der Waals surface area contributed by atoms with Crippen LogP contribution in [-0.2, 0) is 11.2 Å². The molecule has 1 N–H and O–H groups in total. The van der Waals surface area contributed by atoms with Crippen LogP contribution in [0.3, 0.4) is 0 Å². The van der Waals surface area contributed by atoms with E-state index >= 15 is 0 Å². The molecule has 140 valence electrons. The number of carbonyl (C=O) groups is 2. The average Bonchev–Trinajstić information content (AvgIpc) is 3.10. The summed E-state index contributed by atoms with van der Waals surface area (Å²) in [6.45, 7) is 7.85. The topological polar surface area (TPSA) is 65.8 Å². The number of piperazine rings is 1. The molecule has 6 nitrogen and oxygen atoms in total. The van der Waals surface area contributed by atoms with E-state index in [1.807, 2.05) is 22.8 Å². The Hall–Kier alpha value is -1.53. The summed E-state index contributed by atoms with van der Waals surface area (Å²) in [5.74, 6) is 1.47. The van der Waals surface area contributed by atoms with Crippen LogP contribution in [0.4, 0.5) is 0 Å². The van der Waals surface area contributed by atoms with Crippen LogP contribution in [0, 0.1) is 5.92 Å². The number of piperidine rings is 1. The molecule has 1 aromatic heterocycles. The average molecular weight is 370 g/mol. The number of likely N-dealkylation sites (tertiary alicyclic amines) is 1. The van der Waals surface area contributed by atoms with E-state index in [0.717, 1.165) is 44.7 Å². The number of hydrogen-bond acceptors (Lipinski definition) is 4. The minimum absolute atomic E-state index is 0. The Morgan fingerprint density at radius 1 is 1.24 bits per heavy atom. The second-order valence-corrected chi connectivity index (χ2v) is 6.77. The lowest BCUT2D eigenvalue weighted by molar-refractivity contribution is -0.139. The number of halogens is 1.